The monoisotopic (exact) mass is 329 g/mol. The third-order valence-electron chi connectivity index (χ3n) is 3.79. The fourth-order valence-electron chi connectivity index (χ4n) is 2.45. The highest BCUT2D eigenvalue weighted by Gasteiger charge is 2.17. The first kappa shape index (κ1) is 17.5. The Labute approximate surface area is 140 Å². The number of anilines is 1. The van der Waals surface area contributed by atoms with Gasteiger partial charge in [0.15, 0.2) is 0 Å². The van der Waals surface area contributed by atoms with Gasteiger partial charge in [-0.15, -0.1) is 0 Å². The zero-order valence-electron chi connectivity index (χ0n) is 13.7. The number of phenols is 1. The maximum absolute atomic E-state index is 12.4. The Hall–Kier alpha value is -2.89. The van der Waals surface area contributed by atoms with E-state index in [1.165, 1.54) is 18.2 Å². The SMILES string of the molecule is CCCCc1ccc(O)c(C(=O)Nc2ccc([N+](=O)O)c(C)c2)c1. The standard InChI is InChI=1S/C18H20N2O4/c1-3-4-5-13-6-9-17(21)15(11-13)18(22)19-14-7-8-16(20(23)24)12(2)10-14/h6-11H,3-5H2,1-2H3,(H2-,19,21,22,23,24)/p+1. The van der Waals surface area contributed by atoms with Gasteiger partial charge >= 0.3 is 5.69 Å². The lowest BCUT2D eigenvalue weighted by atomic mass is 10.0. The summed E-state index contributed by atoms with van der Waals surface area (Å²) in [5, 5.41) is 21.6. The molecule has 6 nitrogen and oxygen atoms in total. The number of rotatable bonds is 6. The smallest absolute Gasteiger partial charge is 0.319 e. The molecule has 0 aliphatic rings. The number of hydrogen-bond acceptors (Lipinski definition) is 3. The molecule has 0 fully saturated rings. The topological polar surface area (TPSA) is 89.6 Å². The molecule has 2 rings (SSSR count). The molecule has 24 heavy (non-hydrogen) atoms. The molecule has 0 saturated carbocycles. The number of benzene rings is 2. The first-order valence-electron chi connectivity index (χ1n) is 7.82. The van der Waals surface area contributed by atoms with Gasteiger partial charge in [0, 0.05) is 17.3 Å². The summed E-state index contributed by atoms with van der Waals surface area (Å²) in [5.74, 6) is -0.511. The van der Waals surface area contributed by atoms with E-state index in [2.05, 4.69) is 12.2 Å². The molecule has 0 unspecified atom stereocenters. The van der Waals surface area contributed by atoms with Gasteiger partial charge in [0.05, 0.1) is 10.5 Å². The second-order valence-corrected chi connectivity index (χ2v) is 5.68. The number of amides is 1. The lowest BCUT2D eigenvalue weighted by molar-refractivity contribution is -0.730. The van der Waals surface area contributed by atoms with Crippen LogP contribution >= 0.6 is 0 Å². The van der Waals surface area contributed by atoms with Crippen molar-refractivity contribution in [2.24, 2.45) is 0 Å². The molecule has 0 aromatic heterocycles. The predicted octanol–water partition coefficient (Wildman–Crippen LogP) is 4.10. The second kappa shape index (κ2) is 7.59. The van der Waals surface area contributed by atoms with E-state index in [4.69, 9.17) is 5.21 Å². The summed E-state index contributed by atoms with van der Waals surface area (Å²) in [4.78, 5) is 23.1. The summed E-state index contributed by atoms with van der Waals surface area (Å²) in [6, 6.07) is 9.52. The van der Waals surface area contributed by atoms with Crippen molar-refractivity contribution < 1.29 is 20.0 Å². The third-order valence-corrected chi connectivity index (χ3v) is 3.79. The Kier molecular flexibility index (Phi) is 5.52. The van der Waals surface area contributed by atoms with Crippen molar-refractivity contribution in [3.05, 3.63) is 58.0 Å². The molecule has 3 N–H and O–H groups in total. The van der Waals surface area contributed by atoms with Crippen LogP contribution in [-0.2, 0) is 6.42 Å². The maximum Gasteiger partial charge on any atom is 0.319 e. The highest BCUT2D eigenvalue weighted by molar-refractivity contribution is 6.06. The van der Waals surface area contributed by atoms with E-state index in [0.29, 0.717) is 11.3 Å². The lowest BCUT2D eigenvalue weighted by Gasteiger charge is -2.09. The van der Waals surface area contributed by atoms with Gasteiger partial charge in [0.2, 0.25) is 0 Å². The number of phenolic OH excluding ortho intramolecular Hbond substituents is 1. The van der Waals surface area contributed by atoms with Crippen LogP contribution in [0.15, 0.2) is 36.4 Å². The van der Waals surface area contributed by atoms with Gasteiger partial charge in [-0.05, 0) is 49.6 Å². The summed E-state index contributed by atoms with van der Waals surface area (Å²) >= 11 is 0. The van der Waals surface area contributed by atoms with Gasteiger partial charge in [-0.1, -0.05) is 19.4 Å². The molecule has 1 amide bonds. The highest BCUT2D eigenvalue weighted by atomic mass is 16.6. The van der Waals surface area contributed by atoms with Gasteiger partial charge in [-0.3, -0.25) is 4.79 Å². The van der Waals surface area contributed by atoms with Crippen LogP contribution in [-0.4, -0.2) is 21.1 Å². The second-order valence-electron chi connectivity index (χ2n) is 5.68. The van der Waals surface area contributed by atoms with E-state index >= 15 is 0 Å². The number of aromatic hydroxyl groups is 1. The molecule has 0 atom stereocenters. The highest BCUT2D eigenvalue weighted by Crippen LogP contribution is 2.24. The molecule has 0 bridgehead atoms. The number of carbonyl (C=O) groups is 1. The average Bonchev–Trinajstić information content (AvgIpc) is 2.53. The first-order chi connectivity index (χ1) is 11.4. The zero-order valence-corrected chi connectivity index (χ0v) is 13.7. The van der Waals surface area contributed by atoms with Gasteiger partial charge in [0.25, 0.3) is 10.8 Å². The minimum atomic E-state index is -0.430. The molecule has 0 spiro atoms. The number of nitrogens with zero attached hydrogens (tertiary/aromatic N) is 1. The summed E-state index contributed by atoms with van der Waals surface area (Å²) in [6.45, 7) is 3.74. The van der Waals surface area contributed by atoms with E-state index in [9.17, 15) is 14.8 Å². The Bertz CT molecular complexity index is 772. The minimum absolute atomic E-state index is 0.0813. The third kappa shape index (κ3) is 4.10. The van der Waals surface area contributed by atoms with E-state index < -0.39 is 5.91 Å². The first-order valence-corrected chi connectivity index (χ1v) is 7.82. The van der Waals surface area contributed by atoms with Crippen LogP contribution in [0, 0.1) is 11.8 Å². The largest absolute Gasteiger partial charge is 0.507 e. The average molecular weight is 329 g/mol. The molecule has 0 radical (unpaired) electrons. The summed E-state index contributed by atoms with van der Waals surface area (Å²) in [7, 11) is 0. The molecule has 0 aliphatic heterocycles. The van der Waals surface area contributed by atoms with Crippen LogP contribution < -0.4 is 5.32 Å². The quantitative estimate of drug-likeness (QED) is 0.696. The molecule has 2 aromatic carbocycles. The summed E-state index contributed by atoms with van der Waals surface area (Å²) < 4.78 is 0. The van der Waals surface area contributed by atoms with E-state index in [1.54, 1.807) is 19.1 Å². The number of carbonyl (C=O) groups excluding carboxylic acids is 1. The Morgan fingerprint density at radius 3 is 2.58 bits per heavy atom. The molecule has 2 aromatic rings. The number of nitrogens with one attached hydrogen (secondary N) is 1. The molecular weight excluding hydrogens is 308 g/mol. The molecule has 0 heterocycles. The van der Waals surface area contributed by atoms with Crippen LogP contribution in [0.2, 0.25) is 0 Å². The Morgan fingerprint density at radius 2 is 1.96 bits per heavy atom. The molecule has 0 aliphatic carbocycles. The number of hydrogen-bond donors (Lipinski definition) is 3. The van der Waals surface area contributed by atoms with E-state index in [1.807, 2.05) is 6.07 Å². The minimum Gasteiger partial charge on any atom is -0.507 e. The lowest BCUT2D eigenvalue weighted by Crippen LogP contribution is -2.13. The Morgan fingerprint density at radius 1 is 1.21 bits per heavy atom. The fourth-order valence-corrected chi connectivity index (χ4v) is 2.45. The van der Waals surface area contributed by atoms with Crippen molar-refractivity contribution >= 4 is 17.3 Å². The van der Waals surface area contributed by atoms with Crippen LogP contribution in [0.3, 0.4) is 0 Å². The van der Waals surface area contributed by atoms with Crippen molar-refractivity contribution in [3.8, 4) is 5.75 Å². The van der Waals surface area contributed by atoms with Crippen molar-refractivity contribution in [1.29, 1.82) is 0 Å². The van der Waals surface area contributed by atoms with Gasteiger partial charge < -0.3 is 10.4 Å². The van der Waals surface area contributed by atoms with Gasteiger partial charge in [-0.2, -0.15) is 0 Å². The molecular formula is C18H21N2O4+. The maximum atomic E-state index is 12.4. The van der Waals surface area contributed by atoms with E-state index in [-0.39, 0.29) is 21.9 Å². The fraction of sp³-hybridized carbons (Fsp3) is 0.278. The van der Waals surface area contributed by atoms with Crippen LogP contribution in [0.1, 0.15) is 41.3 Å². The van der Waals surface area contributed by atoms with Gasteiger partial charge in [-0.25, -0.2) is 5.21 Å². The van der Waals surface area contributed by atoms with Crippen molar-refractivity contribution in [3.63, 3.8) is 0 Å². The molecule has 126 valence electrons. The molecule has 0 saturated heterocycles. The summed E-state index contributed by atoms with van der Waals surface area (Å²) in [6.07, 6.45) is 2.91. The van der Waals surface area contributed by atoms with Crippen molar-refractivity contribution in [1.82, 2.24) is 0 Å². The van der Waals surface area contributed by atoms with Crippen LogP contribution in [0.5, 0.6) is 5.75 Å². The van der Waals surface area contributed by atoms with Crippen LogP contribution in [0.25, 0.3) is 0 Å². The number of unbranched alkanes of at least 4 members (excludes halogenated alkanes) is 1. The van der Waals surface area contributed by atoms with E-state index in [0.717, 1.165) is 24.8 Å². The number of aryl methyl sites for hydroxylation is 2. The normalized spacial score (nSPS) is 10.4. The summed E-state index contributed by atoms with van der Waals surface area (Å²) in [5.41, 5.74) is 2.30. The molecule has 6 heteroatoms. The van der Waals surface area contributed by atoms with Crippen molar-refractivity contribution in [2.75, 3.05) is 5.32 Å². The predicted molar refractivity (Wildman–Crippen MR) is 90.9 cm³/mol. The van der Waals surface area contributed by atoms with Gasteiger partial charge in [0.1, 0.15) is 5.75 Å². The zero-order chi connectivity index (χ0) is 17.7. The van der Waals surface area contributed by atoms with Crippen LogP contribution in [0.4, 0.5) is 11.4 Å². The van der Waals surface area contributed by atoms with Crippen molar-refractivity contribution in [2.45, 2.75) is 33.1 Å². The Balaban J connectivity index is 2.20.